The third kappa shape index (κ3) is 5.59. The Morgan fingerprint density at radius 1 is 0.829 bits per heavy atom. The number of carbonyl (C=O) groups is 1. The molecule has 1 N–H and O–H groups in total. The van der Waals surface area contributed by atoms with Gasteiger partial charge in [0.1, 0.15) is 10.6 Å². The van der Waals surface area contributed by atoms with Crippen molar-refractivity contribution in [2.24, 2.45) is 5.10 Å². The maximum atomic E-state index is 12.6. The first kappa shape index (κ1) is 23.8. The standard InChI is InChI=1S/C26H22N2O6S/c1-32-22-10-12-23(13-11-22)35(30,31)34-24-14-7-18(15-25(24)33-2)17-27-28-26(29)21-9-8-19-5-3-4-6-20(19)16-21/h3-17H,1-2H3,(H,28,29)/b27-17-. The van der Waals surface area contributed by atoms with E-state index in [9.17, 15) is 13.2 Å². The number of hydrogen-bond donors (Lipinski definition) is 1. The topological polar surface area (TPSA) is 103 Å². The predicted molar refractivity (Wildman–Crippen MR) is 133 cm³/mol. The summed E-state index contributed by atoms with van der Waals surface area (Å²) in [7, 11) is -1.20. The minimum atomic E-state index is -4.08. The highest BCUT2D eigenvalue weighted by Crippen LogP contribution is 2.30. The van der Waals surface area contributed by atoms with Gasteiger partial charge in [0, 0.05) is 5.56 Å². The van der Waals surface area contributed by atoms with E-state index in [-0.39, 0.29) is 22.3 Å². The van der Waals surface area contributed by atoms with Crippen LogP contribution in [0.5, 0.6) is 17.2 Å². The molecular weight excluding hydrogens is 468 g/mol. The highest BCUT2D eigenvalue weighted by Gasteiger charge is 2.19. The molecule has 0 atom stereocenters. The van der Waals surface area contributed by atoms with E-state index in [2.05, 4.69) is 10.5 Å². The smallest absolute Gasteiger partial charge is 0.339 e. The molecule has 0 fully saturated rings. The molecule has 0 bridgehead atoms. The second-order valence-corrected chi connectivity index (χ2v) is 8.93. The highest BCUT2D eigenvalue weighted by atomic mass is 32.2. The van der Waals surface area contributed by atoms with Gasteiger partial charge in [-0.25, -0.2) is 5.43 Å². The van der Waals surface area contributed by atoms with E-state index in [1.807, 2.05) is 30.3 Å². The Balaban J connectivity index is 1.45. The van der Waals surface area contributed by atoms with Crippen molar-refractivity contribution in [1.82, 2.24) is 5.43 Å². The quantitative estimate of drug-likeness (QED) is 0.223. The molecule has 1 amide bonds. The number of methoxy groups -OCH3 is 2. The lowest BCUT2D eigenvalue weighted by Crippen LogP contribution is -2.17. The highest BCUT2D eigenvalue weighted by molar-refractivity contribution is 7.87. The molecule has 4 aromatic carbocycles. The monoisotopic (exact) mass is 490 g/mol. The van der Waals surface area contributed by atoms with Crippen LogP contribution in [0, 0.1) is 0 Å². The summed E-state index contributed by atoms with van der Waals surface area (Å²) in [5.74, 6) is 0.370. The van der Waals surface area contributed by atoms with E-state index in [4.69, 9.17) is 13.7 Å². The molecule has 0 aliphatic carbocycles. The minimum Gasteiger partial charge on any atom is -0.497 e. The van der Waals surface area contributed by atoms with Gasteiger partial charge in [-0.2, -0.15) is 13.5 Å². The van der Waals surface area contributed by atoms with E-state index in [0.717, 1.165) is 10.8 Å². The summed E-state index contributed by atoms with van der Waals surface area (Å²) in [6, 6.07) is 23.6. The first-order valence-electron chi connectivity index (χ1n) is 10.5. The Bertz CT molecular complexity index is 1500. The number of carbonyl (C=O) groups excluding carboxylic acids is 1. The van der Waals surface area contributed by atoms with E-state index >= 15 is 0 Å². The number of benzene rings is 4. The molecule has 0 radical (unpaired) electrons. The van der Waals surface area contributed by atoms with Crippen molar-refractivity contribution in [2.45, 2.75) is 4.90 Å². The van der Waals surface area contributed by atoms with Crippen molar-refractivity contribution in [1.29, 1.82) is 0 Å². The average Bonchev–Trinajstić information content (AvgIpc) is 2.89. The largest absolute Gasteiger partial charge is 0.497 e. The van der Waals surface area contributed by atoms with E-state index < -0.39 is 10.1 Å². The fourth-order valence-electron chi connectivity index (χ4n) is 3.30. The van der Waals surface area contributed by atoms with Crippen LogP contribution in [-0.4, -0.2) is 34.8 Å². The molecular formula is C26H22N2O6S. The summed E-state index contributed by atoms with van der Waals surface area (Å²) in [4.78, 5) is 12.4. The second kappa shape index (κ2) is 10.3. The Kier molecular flexibility index (Phi) is 6.98. The SMILES string of the molecule is COc1ccc(S(=O)(=O)Oc2ccc(/C=N\NC(=O)c3ccc4ccccc4c3)cc2OC)cc1. The van der Waals surface area contributed by atoms with Gasteiger partial charge in [0.25, 0.3) is 5.91 Å². The summed E-state index contributed by atoms with van der Waals surface area (Å²) >= 11 is 0. The molecule has 4 rings (SSSR count). The molecule has 9 heteroatoms. The summed E-state index contributed by atoms with van der Waals surface area (Å²) < 4.78 is 40.8. The van der Waals surface area contributed by atoms with E-state index in [0.29, 0.717) is 16.9 Å². The molecule has 0 aromatic heterocycles. The van der Waals surface area contributed by atoms with Gasteiger partial charge in [0.05, 0.1) is 20.4 Å². The van der Waals surface area contributed by atoms with Gasteiger partial charge in [0.15, 0.2) is 11.5 Å². The third-order valence-corrected chi connectivity index (χ3v) is 6.38. The van der Waals surface area contributed by atoms with Crippen LogP contribution in [0.15, 0.2) is 94.9 Å². The molecule has 0 unspecified atom stereocenters. The Morgan fingerprint density at radius 2 is 1.57 bits per heavy atom. The molecule has 8 nitrogen and oxygen atoms in total. The Morgan fingerprint density at radius 3 is 2.29 bits per heavy atom. The van der Waals surface area contributed by atoms with Crippen molar-refractivity contribution in [3.8, 4) is 17.2 Å². The molecule has 35 heavy (non-hydrogen) atoms. The van der Waals surface area contributed by atoms with E-state index in [1.165, 1.54) is 50.8 Å². The first-order chi connectivity index (χ1) is 16.9. The van der Waals surface area contributed by atoms with Gasteiger partial charge < -0.3 is 13.7 Å². The van der Waals surface area contributed by atoms with Crippen LogP contribution in [0.1, 0.15) is 15.9 Å². The van der Waals surface area contributed by atoms with Crippen LogP contribution >= 0.6 is 0 Å². The fraction of sp³-hybridized carbons (Fsp3) is 0.0769. The van der Waals surface area contributed by atoms with Gasteiger partial charge in [-0.3, -0.25) is 4.79 Å². The number of fused-ring (bicyclic) bond motifs is 1. The van der Waals surface area contributed by atoms with Crippen molar-refractivity contribution in [3.05, 3.63) is 96.1 Å². The van der Waals surface area contributed by atoms with E-state index in [1.54, 1.807) is 24.3 Å². The Hall–Kier alpha value is -4.37. The van der Waals surface area contributed by atoms with Crippen molar-refractivity contribution >= 4 is 33.0 Å². The maximum absolute atomic E-state index is 12.6. The zero-order chi connectivity index (χ0) is 24.8. The number of nitrogens with zero attached hydrogens (tertiary/aromatic N) is 1. The van der Waals surface area contributed by atoms with Crippen LogP contribution < -0.4 is 19.1 Å². The molecule has 178 valence electrons. The second-order valence-electron chi connectivity index (χ2n) is 7.38. The molecule has 0 saturated heterocycles. The van der Waals surface area contributed by atoms with Crippen LogP contribution in [0.3, 0.4) is 0 Å². The minimum absolute atomic E-state index is 0.0145. The lowest BCUT2D eigenvalue weighted by atomic mass is 10.1. The van der Waals surface area contributed by atoms with Crippen LogP contribution in [0.25, 0.3) is 10.8 Å². The zero-order valence-corrected chi connectivity index (χ0v) is 19.8. The summed E-state index contributed by atoms with van der Waals surface area (Å²) in [6.07, 6.45) is 1.42. The number of hydrazone groups is 1. The van der Waals surface area contributed by atoms with Crippen molar-refractivity contribution < 1.29 is 26.9 Å². The normalized spacial score (nSPS) is 11.4. The number of rotatable bonds is 8. The van der Waals surface area contributed by atoms with Crippen LogP contribution in [-0.2, 0) is 10.1 Å². The number of amides is 1. The molecule has 0 aliphatic heterocycles. The number of nitrogens with one attached hydrogen (secondary N) is 1. The zero-order valence-electron chi connectivity index (χ0n) is 19.0. The summed E-state index contributed by atoms with van der Waals surface area (Å²) in [6.45, 7) is 0. The molecule has 0 saturated carbocycles. The summed E-state index contributed by atoms with van der Waals surface area (Å²) in [5.41, 5.74) is 3.53. The van der Waals surface area contributed by atoms with Gasteiger partial charge >= 0.3 is 10.1 Å². The predicted octanol–water partition coefficient (Wildman–Crippen LogP) is 4.39. The Labute approximate surface area is 202 Å². The maximum Gasteiger partial charge on any atom is 0.339 e. The van der Waals surface area contributed by atoms with Gasteiger partial charge in [-0.1, -0.05) is 30.3 Å². The molecule has 0 aliphatic rings. The van der Waals surface area contributed by atoms with Crippen LogP contribution in [0.2, 0.25) is 0 Å². The molecule has 4 aromatic rings. The lowest BCUT2D eigenvalue weighted by molar-refractivity contribution is 0.0955. The van der Waals surface area contributed by atoms with Crippen molar-refractivity contribution in [3.63, 3.8) is 0 Å². The first-order valence-corrected chi connectivity index (χ1v) is 11.9. The third-order valence-electron chi connectivity index (χ3n) is 5.13. The van der Waals surface area contributed by atoms with Crippen molar-refractivity contribution in [2.75, 3.05) is 14.2 Å². The molecule has 0 spiro atoms. The lowest BCUT2D eigenvalue weighted by Gasteiger charge is -2.11. The molecule has 0 heterocycles. The van der Waals surface area contributed by atoms with Gasteiger partial charge in [0.2, 0.25) is 0 Å². The summed E-state index contributed by atoms with van der Waals surface area (Å²) in [5, 5.41) is 5.98. The number of ether oxygens (including phenoxy) is 2. The fourth-order valence-corrected chi connectivity index (χ4v) is 4.24. The number of hydrogen-bond acceptors (Lipinski definition) is 7. The average molecular weight is 491 g/mol. The van der Waals surface area contributed by atoms with Gasteiger partial charge in [-0.05, 0) is 70.9 Å². The van der Waals surface area contributed by atoms with Crippen LogP contribution in [0.4, 0.5) is 0 Å². The van der Waals surface area contributed by atoms with Gasteiger partial charge in [-0.15, -0.1) is 0 Å².